The van der Waals surface area contributed by atoms with E-state index in [1.165, 1.54) is 11.3 Å². The van der Waals surface area contributed by atoms with E-state index in [9.17, 15) is 8.42 Å². The molecular weight excluding hydrogens is 328 g/mol. The SMILES string of the molecule is CN(CCOS(=O)(=O)O)c1ccc(/N=N/c2nccs2)cc1. The Morgan fingerprint density at radius 1 is 1.32 bits per heavy atom. The third-order valence-electron chi connectivity index (χ3n) is 2.62. The Kier molecular flexibility index (Phi) is 5.55. The van der Waals surface area contributed by atoms with Gasteiger partial charge in [-0.1, -0.05) is 0 Å². The van der Waals surface area contributed by atoms with Crippen LogP contribution in [0.5, 0.6) is 0 Å². The van der Waals surface area contributed by atoms with Crippen molar-refractivity contribution in [2.75, 3.05) is 25.1 Å². The summed E-state index contributed by atoms with van der Waals surface area (Å²) in [5.74, 6) is 0. The molecule has 0 spiro atoms. The van der Waals surface area contributed by atoms with Crippen LogP contribution in [0.15, 0.2) is 46.1 Å². The van der Waals surface area contributed by atoms with Crippen molar-refractivity contribution in [3.63, 3.8) is 0 Å². The lowest BCUT2D eigenvalue weighted by Crippen LogP contribution is -2.23. The average Bonchev–Trinajstić information content (AvgIpc) is 2.97. The van der Waals surface area contributed by atoms with Crippen molar-refractivity contribution < 1.29 is 17.2 Å². The predicted molar refractivity (Wildman–Crippen MR) is 83.5 cm³/mol. The Labute approximate surface area is 132 Å². The van der Waals surface area contributed by atoms with Crippen LogP contribution in [0, 0.1) is 0 Å². The summed E-state index contributed by atoms with van der Waals surface area (Å²) >= 11 is 1.40. The Morgan fingerprint density at radius 3 is 2.64 bits per heavy atom. The van der Waals surface area contributed by atoms with Crippen LogP contribution in [-0.4, -0.2) is 38.2 Å². The molecule has 1 aromatic carbocycles. The Morgan fingerprint density at radius 2 is 2.05 bits per heavy atom. The lowest BCUT2D eigenvalue weighted by molar-refractivity contribution is 0.274. The summed E-state index contributed by atoms with van der Waals surface area (Å²) in [5, 5.41) is 10.5. The highest BCUT2D eigenvalue weighted by molar-refractivity contribution is 7.80. The quantitative estimate of drug-likeness (QED) is 0.613. The van der Waals surface area contributed by atoms with Crippen molar-refractivity contribution >= 4 is 38.2 Å². The molecule has 0 atom stereocenters. The van der Waals surface area contributed by atoms with E-state index in [1.807, 2.05) is 17.5 Å². The first-order valence-corrected chi connectivity index (χ1v) is 8.43. The third kappa shape index (κ3) is 5.48. The van der Waals surface area contributed by atoms with Gasteiger partial charge in [0.2, 0.25) is 5.13 Å². The molecule has 0 radical (unpaired) electrons. The standard InChI is InChI=1S/C12H14N4O4S2/c1-16(7-8-20-22(17,18)19)11-4-2-10(3-5-11)14-15-12-13-6-9-21-12/h2-6,9H,7-8H2,1H3,(H,17,18,19)/b15-14+. The van der Waals surface area contributed by atoms with Gasteiger partial charge in [-0.2, -0.15) is 8.42 Å². The lowest BCUT2D eigenvalue weighted by Gasteiger charge is -2.18. The highest BCUT2D eigenvalue weighted by Crippen LogP contribution is 2.22. The minimum absolute atomic E-state index is 0.138. The van der Waals surface area contributed by atoms with Gasteiger partial charge in [0.15, 0.2) is 0 Å². The van der Waals surface area contributed by atoms with E-state index >= 15 is 0 Å². The summed E-state index contributed by atoms with van der Waals surface area (Å²) in [6, 6.07) is 7.21. The fourth-order valence-corrected chi connectivity index (χ4v) is 2.29. The molecule has 10 heteroatoms. The van der Waals surface area contributed by atoms with Crippen LogP contribution in [0.2, 0.25) is 0 Å². The molecule has 8 nitrogen and oxygen atoms in total. The molecule has 0 aliphatic carbocycles. The first kappa shape index (κ1) is 16.5. The van der Waals surface area contributed by atoms with Gasteiger partial charge in [-0.25, -0.2) is 9.17 Å². The highest BCUT2D eigenvalue weighted by atomic mass is 32.3. The van der Waals surface area contributed by atoms with Crippen molar-refractivity contribution in [2.24, 2.45) is 10.2 Å². The molecule has 118 valence electrons. The summed E-state index contributed by atoms with van der Waals surface area (Å²) in [7, 11) is -2.62. The van der Waals surface area contributed by atoms with Crippen LogP contribution in [0.25, 0.3) is 0 Å². The van der Waals surface area contributed by atoms with Crippen LogP contribution in [-0.2, 0) is 14.6 Å². The molecule has 2 aromatic rings. The van der Waals surface area contributed by atoms with Crippen LogP contribution in [0.1, 0.15) is 0 Å². The number of benzene rings is 1. The second kappa shape index (κ2) is 7.40. The average molecular weight is 342 g/mol. The fraction of sp³-hybridized carbons (Fsp3) is 0.250. The number of aromatic nitrogens is 1. The second-order valence-corrected chi connectivity index (χ2v) is 6.17. The summed E-state index contributed by atoms with van der Waals surface area (Å²) in [4.78, 5) is 5.78. The predicted octanol–water partition coefficient (Wildman–Crippen LogP) is 2.81. The number of nitrogens with zero attached hydrogens (tertiary/aromatic N) is 4. The fourth-order valence-electron chi connectivity index (χ4n) is 1.55. The summed E-state index contributed by atoms with van der Waals surface area (Å²) < 4.78 is 33.7. The zero-order chi connectivity index (χ0) is 16.0. The molecule has 1 N–H and O–H groups in total. The van der Waals surface area contributed by atoms with E-state index in [2.05, 4.69) is 19.4 Å². The number of hydrogen-bond acceptors (Lipinski definition) is 8. The molecule has 0 bridgehead atoms. The van der Waals surface area contributed by atoms with Crippen molar-refractivity contribution in [3.05, 3.63) is 35.8 Å². The van der Waals surface area contributed by atoms with Gasteiger partial charge in [-0.3, -0.25) is 4.55 Å². The maximum atomic E-state index is 10.5. The monoisotopic (exact) mass is 342 g/mol. The summed E-state index contributed by atoms with van der Waals surface area (Å²) in [5.41, 5.74) is 1.54. The molecular formula is C12H14N4O4S2. The molecule has 1 heterocycles. The smallest absolute Gasteiger partial charge is 0.372 e. The Hall–Kier alpha value is -1.88. The first-order valence-electron chi connectivity index (χ1n) is 6.18. The van der Waals surface area contributed by atoms with Gasteiger partial charge in [0.1, 0.15) is 0 Å². The van der Waals surface area contributed by atoms with E-state index in [1.54, 1.807) is 30.3 Å². The number of hydrogen-bond donors (Lipinski definition) is 1. The van der Waals surface area contributed by atoms with Gasteiger partial charge in [0.05, 0.1) is 12.3 Å². The molecule has 0 amide bonds. The zero-order valence-corrected chi connectivity index (χ0v) is 13.3. The van der Waals surface area contributed by atoms with Crippen LogP contribution in [0.3, 0.4) is 0 Å². The Bertz CT molecular complexity index is 714. The van der Waals surface area contributed by atoms with Crippen molar-refractivity contribution in [3.8, 4) is 0 Å². The van der Waals surface area contributed by atoms with Crippen molar-refractivity contribution in [1.29, 1.82) is 0 Å². The van der Waals surface area contributed by atoms with Crippen LogP contribution >= 0.6 is 11.3 Å². The molecule has 0 aliphatic heterocycles. The van der Waals surface area contributed by atoms with Gasteiger partial charge in [0.25, 0.3) is 0 Å². The molecule has 0 fully saturated rings. The topological polar surface area (TPSA) is 104 Å². The molecule has 0 unspecified atom stereocenters. The number of likely N-dealkylation sites (N-methyl/N-ethyl adjacent to an activating group) is 1. The van der Waals surface area contributed by atoms with E-state index in [0.717, 1.165) is 5.69 Å². The molecule has 0 aliphatic rings. The van der Waals surface area contributed by atoms with Crippen molar-refractivity contribution in [1.82, 2.24) is 4.98 Å². The van der Waals surface area contributed by atoms with Crippen LogP contribution in [0.4, 0.5) is 16.5 Å². The maximum absolute atomic E-state index is 10.5. The minimum Gasteiger partial charge on any atom is -0.372 e. The van der Waals surface area contributed by atoms with Crippen molar-refractivity contribution in [2.45, 2.75) is 0 Å². The van der Waals surface area contributed by atoms with Gasteiger partial charge >= 0.3 is 10.4 Å². The van der Waals surface area contributed by atoms with Gasteiger partial charge < -0.3 is 4.90 Å². The molecule has 1 aromatic heterocycles. The van der Waals surface area contributed by atoms with Gasteiger partial charge in [-0.05, 0) is 24.3 Å². The minimum atomic E-state index is -4.40. The second-order valence-electron chi connectivity index (χ2n) is 4.20. The van der Waals surface area contributed by atoms with E-state index in [0.29, 0.717) is 17.4 Å². The summed E-state index contributed by atoms with van der Waals surface area (Å²) in [6.45, 7) is 0.167. The van der Waals surface area contributed by atoms with Crippen LogP contribution < -0.4 is 4.90 Å². The highest BCUT2D eigenvalue weighted by Gasteiger charge is 2.06. The van der Waals surface area contributed by atoms with E-state index < -0.39 is 10.4 Å². The zero-order valence-electron chi connectivity index (χ0n) is 11.7. The van der Waals surface area contributed by atoms with Gasteiger partial charge in [0, 0.05) is 30.9 Å². The van der Waals surface area contributed by atoms with E-state index in [-0.39, 0.29) is 6.61 Å². The number of azo groups is 1. The molecule has 0 saturated heterocycles. The molecule has 22 heavy (non-hydrogen) atoms. The third-order valence-corrected chi connectivity index (χ3v) is 3.74. The Balaban J connectivity index is 1.90. The first-order chi connectivity index (χ1) is 10.4. The maximum Gasteiger partial charge on any atom is 0.397 e. The normalized spacial score (nSPS) is 11.9. The number of anilines is 1. The summed E-state index contributed by atoms with van der Waals surface area (Å²) in [6.07, 6.45) is 1.66. The largest absolute Gasteiger partial charge is 0.397 e. The lowest BCUT2D eigenvalue weighted by atomic mass is 10.2. The number of thiazole rings is 1. The molecule has 2 rings (SSSR count). The van der Waals surface area contributed by atoms with E-state index in [4.69, 9.17) is 4.55 Å². The van der Waals surface area contributed by atoms with Gasteiger partial charge in [-0.15, -0.1) is 21.6 Å². The molecule has 0 saturated carbocycles. The number of rotatable bonds is 7.